The Kier molecular flexibility index (Phi) is 6.37. The second-order valence-corrected chi connectivity index (χ2v) is 10.1. The Morgan fingerprint density at radius 3 is 2.26 bits per heavy atom. The molecule has 2 aromatic carbocycles. The number of sulfone groups is 1. The lowest BCUT2D eigenvalue weighted by atomic mass is 10.1. The largest absolute Gasteiger partial charge is 0.462 e. The summed E-state index contributed by atoms with van der Waals surface area (Å²) in [5.74, 6) is -0.532. The SMILES string of the molecule is CCOC(=O)c1ccc(S(=O)(=O)Nc2cccc(-c3ccc(S(C)(=O)=O)nn3)c2)cc1. The number of nitrogens with zero attached hydrogens (tertiary/aromatic N) is 2. The molecule has 11 heteroatoms. The number of hydrogen-bond donors (Lipinski definition) is 1. The van der Waals surface area contributed by atoms with Crippen molar-refractivity contribution in [3.63, 3.8) is 0 Å². The highest BCUT2D eigenvalue weighted by atomic mass is 32.2. The fourth-order valence-corrected chi connectivity index (χ4v) is 4.17. The van der Waals surface area contributed by atoms with Gasteiger partial charge in [0.2, 0.25) is 0 Å². The summed E-state index contributed by atoms with van der Waals surface area (Å²) in [7, 11) is -7.38. The molecule has 0 unspecified atom stereocenters. The third kappa shape index (κ3) is 5.44. The fourth-order valence-electron chi connectivity index (χ4n) is 2.61. The van der Waals surface area contributed by atoms with E-state index in [1.807, 2.05) is 0 Å². The fraction of sp³-hybridized carbons (Fsp3) is 0.150. The molecule has 0 aliphatic rings. The first kappa shape index (κ1) is 22.4. The van der Waals surface area contributed by atoms with Crippen molar-refractivity contribution in [2.75, 3.05) is 17.6 Å². The third-order valence-corrected chi connectivity index (χ3v) is 6.48. The number of sulfonamides is 1. The average Bonchev–Trinajstić information content (AvgIpc) is 2.73. The van der Waals surface area contributed by atoms with Crippen molar-refractivity contribution in [1.29, 1.82) is 0 Å². The highest BCUT2D eigenvalue weighted by Crippen LogP contribution is 2.23. The van der Waals surface area contributed by atoms with Crippen molar-refractivity contribution in [2.45, 2.75) is 16.8 Å². The van der Waals surface area contributed by atoms with Gasteiger partial charge in [0, 0.05) is 17.5 Å². The molecule has 9 nitrogen and oxygen atoms in total. The lowest BCUT2D eigenvalue weighted by molar-refractivity contribution is 0.0526. The van der Waals surface area contributed by atoms with Gasteiger partial charge in [-0.1, -0.05) is 12.1 Å². The molecule has 0 fully saturated rings. The number of aromatic nitrogens is 2. The first-order chi connectivity index (χ1) is 14.6. The number of carbonyl (C=O) groups excluding carboxylic acids is 1. The van der Waals surface area contributed by atoms with Gasteiger partial charge < -0.3 is 4.74 Å². The zero-order valence-corrected chi connectivity index (χ0v) is 18.3. The molecule has 0 saturated carbocycles. The summed E-state index contributed by atoms with van der Waals surface area (Å²) < 4.78 is 55.8. The summed E-state index contributed by atoms with van der Waals surface area (Å²) in [5, 5.41) is 7.45. The molecule has 0 aliphatic carbocycles. The van der Waals surface area contributed by atoms with Gasteiger partial charge in [0.25, 0.3) is 10.0 Å². The van der Waals surface area contributed by atoms with Crippen molar-refractivity contribution >= 4 is 31.5 Å². The van der Waals surface area contributed by atoms with E-state index < -0.39 is 25.8 Å². The van der Waals surface area contributed by atoms with Crippen LogP contribution in [0.5, 0.6) is 0 Å². The van der Waals surface area contributed by atoms with E-state index in [4.69, 9.17) is 4.74 Å². The van der Waals surface area contributed by atoms with E-state index in [-0.39, 0.29) is 27.8 Å². The molecule has 1 N–H and O–H groups in total. The van der Waals surface area contributed by atoms with E-state index in [1.54, 1.807) is 31.2 Å². The molecule has 162 valence electrons. The van der Waals surface area contributed by atoms with Crippen LogP contribution in [0.25, 0.3) is 11.3 Å². The molecule has 0 radical (unpaired) electrons. The number of esters is 1. The highest BCUT2D eigenvalue weighted by Gasteiger charge is 2.16. The second kappa shape index (κ2) is 8.82. The van der Waals surface area contributed by atoms with Crippen molar-refractivity contribution in [1.82, 2.24) is 10.2 Å². The molecule has 0 saturated heterocycles. The molecular formula is C20H19N3O6S2. The first-order valence-electron chi connectivity index (χ1n) is 9.04. The summed E-state index contributed by atoms with van der Waals surface area (Å²) in [6, 6.07) is 14.6. The third-order valence-electron chi connectivity index (χ3n) is 4.11. The van der Waals surface area contributed by atoms with Crippen LogP contribution in [0.15, 0.2) is 70.6 Å². The van der Waals surface area contributed by atoms with Gasteiger partial charge in [-0.15, -0.1) is 10.2 Å². The van der Waals surface area contributed by atoms with Gasteiger partial charge in [-0.3, -0.25) is 4.72 Å². The minimum absolute atomic E-state index is 0.0248. The average molecular weight is 462 g/mol. The van der Waals surface area contributed by atoms with E-state index in [0.29, 0.717) is 11.3 Å². The molecule has 0 bridgehead atoms. The highest BCUT2D eigenvalue weighted by molar-refractivity contribution is 7.92. The number of hydrogen-bond acceptors (Lipinski definition) is 8. The normalized spacial score (nSPS) is 11.7. The summed E-state index contributed by atoms with van der Waals surface area (Å²) >= 11 is 0. The van der Waals surface area contributed by atoms with Gasteiger partial charge in [0.1, 0.15) is 0 Å². The van der Waals surface area contributed by atoms with Crippen molar-refractivity contribution in [3.05, 3.63) is 66.2 Å². The van der Waals surface area contributed by atoms with E-state index in [1.165, 1.54) is 36.4 Å². The molecular weight excluding hydrogens is 442 g/mol. The van der Waals surface area contributed by atoms with Gasteiger partial charge in [-0.25, -0.2) is 21.6 Å². The molecule has 1 aromatic heterocycles. The smallest absolute Gasteiger partial charge is 0.338 e. The summed E-state index contributed by atoms with van der Waals surface area (Å²) in [6.07, 6.45) is 1.03. The van der Waals surface area contributed by atoms with E-state index in [0.717, 1.165) is 6.26 Å². The maximum atomic E-state index is 12.7. The van der Waals surface area contributed by atoms with Crippen molar-refractivity contribution in [2.24, 2.45) is 0 Å². The van der Waals surface area contributed by atoms with Crippen LogP contribution in [0.3, 0.4) is 0 Å². The summed E-state index contributed by atoms with van der Waals surface area (Å²) in [6.45, 7) is 1.90. The number of nitrogens with one attached hydrogen (secondary N) is 1. The molecule has 0 spiro atoms. The molecule has 3 rings (SSSR count). The van der Waals surface area contributed by atoms with Gasteiger partial charge in [-0.2, -0.15) is 0 Å². The quantitative estimate of drug-likeness (QED) is 0.531. The minimum atomic E-state index is -3.91. The molecule has 31 heavy (non-hydrogen) atoms. The predicted octanol–water partition coefficient (Wildman–Crippen LogP) is 2.52. The molecule has 0 atom stereocenters. The standard InChI is InChI=1S/C20H19N3O6S2/c1-3-29-20(24)14-7-9-17(10-8-14)31(27,28)23-16-6-4-5-15(13-16)18-11-12-19(22-21-18)30(2,25)26/h4-13,23H,3H2,1-2H3. The van der Waals surface area contributed by atoms with Crippen LogP contribution in [0.4, 0.5) is 5.69 Å². The summed E-state index contributed by atoms with van der Waals surface area (Å²) in [4.78, 5) is 11.7. The zero-order valence-electron chi connectivity index (χ0n) is 16.6. The number of benzene rings is 2. The van der Waals surface area contributed by atoms with Gasteiger partial charge >= 0.3 is 5.97 Å². The van der Waals surface area contributed by atoms with Crippen LogP contribution >= 0.6 is 0 Å². The zero-order chi connectivity index (χ0) is 22.6. The topological polar surface area (TPSA) is 132 Å². The van der Waals surface area contributed by atoms with Gasteiger partial charge in [-0.05, 0) is 55.5 Å². The second-order valence-electron chi connectivity index (χ2n) is 6.46. The molecule has 1 heterocycles. The lowest BCUT2D eigenvalue weighted by Gasteiger charge is -2.10. The van der Waals surface area contributed by atoms with E-state index in [2.05, 4.69) is 14.9 Å². The Morgan fingerprint density at radius 1 is 0.968 bits per heavy atom. The number of anilines is 1. The number of rotatable bonds is 7. The van der Waals surface area contributed by atoms with Crippen LogP contribution < -0.4 is 4.72 Å². The molecule has 0 aliphatic heterocycles. The summed E-state index contributed by atoms with van der Waals surface area (Å²) in [5.41, 5.74) is 1.46. The van der Waals surface area contributed by atoms with E-state index in [9.17, 15) is 21.6 Å². The maximum Gasteiger partial charge on any atom is 0.338 e. The van der Waals surface area contributed by atoms with Gasteiger partial charge in [0.15, 0.2) is 14.9 Å². The van der Waals surface area contributed by atoms with Crippen LogP contribution in [-0.2, 0) is 24.6 Å². The number of ether oxygens (including phenoxy) is 1. The Morgan fingerprint density at radius 2 is 1.68 bits per heavy atom. The lowest BCUT2D eigenvalue weighted by Crippen LogP contribution is -2.13. The van der Waals surface area contributed by atoms with Crippen molar-refractivity contribution in [3.8, 4) is 11.3 Å². The maximum absolute atomic E-state index is 12.7. The van der Waals surface area contributed by atoms with Gasteiger partial charge in [0.05, 0.1) is 22.8 Å². The predicted molar refractivity (Wildman–Crippen MR) is 114 cm³/mol. The minimum Gasteiger partial charge on any atom is -0.462 e. The Bertz CT molecular complexity index is 1300. The Labute approximate surface area is 180 Å². The first-order valence-corrected chi connectivity index (χ1v) is 12.4. The van der Waals surface area contributed by atoms with Crippen LogP contribution in [0.2, 0.25) is 0 Å². The van der Waals surface area contributed by atoms with Crippen molar-refractivity contribution < 1.29 is 26.4 Å². The molecule has 0 amide bonds. The number of carbonyl (C=O) groups is 1. The monoisotopic (exact) mass is 461 g/mol. The van der Waals surface area contributed by atoms with E-state index >= 15 is 0 Å². The molecule has 3 aromatic rings. The Hall–Kier alpha value is -3.31. The van der Waals surface area contributed by atoms with Crippen LogP contribution in [0.1, 0.15) is 17.3 Å². The van der Waals surface area contributed by atoms with Crippen LogP contribution in [-0.4, -0.2) is 45.9 Å². The Balaban J connectivity index is 1.82. The van der Waals surface area contributed by atoms with Crippen LogP contribution in [0, 0.1) is 0 Å².